The summed E-state index contributed by atoms with van der Waals surface area (Å²) in [5.74, 6) is 0. The Morgan fingerprint density at radius 2 is 1.88 bits per heavy atom. The van der Waals surface area contributed by atoms with Crippen molar-refractivity contribution in [3.05, 3.63) is 46.6 Å². The van der Waals surface area contributed by atoms with Gasteiger partial charge >= 0.3 is 0 Å². The lowest BCUT2D eigenvalue weighted by Crippen LogP contribution is -1.94. The molecule has 0 aliphatic rings. The van der Waals surface area contributed by atoms with Gasteiger partial charge in [0, 0.05) is 23.5 Å². The number of aromatic nitrogens is 1. The van der Waals surface area contributed by atoms with Crippen LogP contribution in [0.2, 0.25) is 5.02 Å². The number of hydrogen-bond acceptors (Lipinski definition) is 1. The lowest BCUT2D eigenvalue weighted by atomic mass is 10.1. The summed E-state index contributed by atoms with van der Waals surface area (Å²) in [7, 11) is 1.96. The number of nitrogens with zero attached hydrogens (tertiary/aromatic N) is 2. The largest absolute Gasteiger partial charge is 0.347 e. The molecule has 16 heavy (non-hydrogen) atoms. The van der Waals surface area contributed by atoms with E-state index in [2.05, 4.69) is 6.07 Å². The first-order valence-electron chi connectivity index (χ1n) is 4.96. The van der Waals surface area contributed by atoms with Gasteiger partial charge in [-0.1, -0.05) is 23.7 Å². The standard InChI is InChI=1S/C13H11ClN2/c1-9-11(8-15)7-13(16(9)2)10-3-5-12(14)6-4-10/h3-7H,1-2H3. The van der Waals surface area contributed by atoms with Gasteiger partial charge in [-0.25, -0.2) is 0 Å². The summed E-state index contributed by atoms with van der Waals surface area (Å²) >= 11 is 5.84. The Balaban J connectivity index is 2.57. The smallest absolute Gasteiger partial charge is 0.101 e. The monoisotopic (exact) mass is 230 g/mol. The molecule has 1 aromatic heterocycles. The quantitative estimate of drug-likeness (QED) is 0.737. The number of nitriles is 1. The highest BCUT2D eigenvalue weighted by Gasteiger charge is 2.09. The average Bonchev–Trinajstić information content (AvgIpc) is 2.57. The van der Waals surface area contributed by atoms with E-state index in [0.29, 0.717) is 5.56 Å². The first-order chi connectivity index (χ1) is 7.63. The van der Waals surface area contributed by atoms with E-state index < -0.39 is 0 Å². The topological polar surface area (TPSA) is 28.7 Å². The van der Waals surface area contributed by atoms with Gasteiger partial charge in [0.05, 0.1) is 5.56 Å². The number of rotatable bonds is 1. The van der Waals surface area contributed by atoms with E-state index in [4.69, 9.17) is 16.9 Å². The molecular formula is C13H11ClN2. The third kappa shape index (κ3) is 1.70. The Morgan fingerprint density at radius 1 is 1.25 bits per heavy atom. The second kappa shape index (κ2) is 4.03. The summed E-state index contributed by atoms with van der Waals surface area (Å²) < 4.78 is 2.02. The SMILES string of the molecule is Cc1c(C#N)cc(-c2ccc(Cl)cc2)n1C. The van der Waals surface area contributed by atoms with Gasteiger partial charge in [-0.3, -0.25) is 0 Å². The molecule has 0 aliphatic heterocycles. The van der Waals surface area contributed by atoms with Crippen LogP contribution < -0.4 is 0 Å². The highest BCUT2D eigenvalue weighted by molar-refractivity contribution is 6.30. The maximum Gasteiger partial charge on any atom is 0.101 e. The summed E-state index contributed by atoms with van der Waals surface area (Å²) in [6.07, 6.45) is 0. The summed E-state index contributed by atoms with van der Waals surface area (Å²) in [6.45, 7) is 1.94. The van der Waals surface area contributed by atoms with Gasteiger partial charge in [-0.2, -0.15) is 5.26 Å². The molecular weight excluding hydrogens is 220 g/mol. The molecule has 1 heterocycles. The molecule has 0 fully saturated rings. The summed E-state index contributed by atoms with van der Waals surface area (Å²) in [5.41, 5.74) is 3.79. The van der Waals surface area contributed by atoms with Crippen LogP contribution in [0, 0.1) is 18.3 Å². The minimum absolute atomic E-state index is 0.715. The fourth-order valence-corrected chi connectivity index (χ4v) is 1.84. The molecule has 80 valence electrons. The van der Waals surface area contributed by atoms with Gasteiger partial charge in [0.1, 0.15) is 6.07 Å². The van der Waals surface area contributed by atoms with Gasteiger partial charge in [0.15, 0.2) is 0 Å². The van der Waals surface area contributed by atoms with Crippen molar-refractivity contribution < 1.29 is 0 Å². The highest BCUT2D eigenvalue weighted by Crippen LogP contribution is 2.25. The number of hydrogen-bond donors (Lipinski definition) is 0. The van der Waals surface area contributed by atoms with E-state index in [-0.39, 0.29) is 0 Å². The molecule has 0 amide bonds. The Hall–Kier alpha value is -1.72. The molecule has 0 saturated heterocycles. The van der Waals surface area contributed by atoms with Gasteiger partial charge in [0.2, 0.25) is 0 Å². The number of halogens is 1. The van der Waals surface area contributed by atoms with Crippen LogP contribution in [-0.2, 0) is 7.05 Å². The van der Waals surface area contributed by atoms with Crippen molar-refractivity contribution in [2.45, 2.75) is 6.92 Å². The third-order valence-corrected chi connectivity index (χ3v) is 3.05. The zero-order chi connectivity index (χ0) is 11.7. The molecule has 3 heteroatoms. The molecule has 0 bridgehead atoms. The van der Waals surface area contributed by atoms with Crippen LogP contribution in [0.3, 0.4) is 0 Å². The lowest BCUT2D eigenvalue weighted by Gasteiger charge is -2.04. The van der Waals surface area contributed by atoms with Crippen LogP contribution in [-0.4, -0.2) is 4.57 Å². The maximum atomic E-state index is 8.96. The minimum atomic E-state index is 0.715. The second-order valence-corrected chi connectivity index (χ2v) is 4.14. The molecule has 0 saturated carbocycles. The maximum absolute atomic E-state index is 8.96. The van der Waals surface area contributed by atoms with E-state index in [1.54, 1.807) is 0 Å². The Labute approximate surface area is 99.7 Å². The van der Waals surface area contributed by atoms with E-state index in [9.17, 15) is 0 Å². The van der Waals surface area contributed by atoms with Gasteiger partial charge in [-0.15, -0.1) is 0 Å². The molecule has 2 aromatic rings. The van der Waals surface area contributed by atoms with Crippen molar-refractivity contribution >= 4 is 11.6 Å². The molecule has 2 nitrogen and oxygen atoms in total. The van der Waals surface area contributed by atoms with Crippen LogP contribution in [0.1, 0.15) is 11.3 Å². The van der Waals surface area contributed by atoms with Crippen molar-refractivity contribution in [2.24, 2.45) is 7.05 Å². The molecule has 0 radical (unpaired) electrons. The molecule has 0 aliphatic carbocycles. The zero-order valence-electron chi connectivity index (χ0n) is 9.16. The number of benzene rings is 1. The first kappa shape index (κ1) is 10.8. The van der Waals surface area contributed by atoms with Gasteiger partial charge in [-0.05, 0) is 30.7 Å². The average molecular weight is 231 g/mol. The Bertz CT molecular complexity index is 559. The normalized spacial score (nSPS) is 10.1. The molecule has 0 N–H and O–H groups in total. The fourth-order valence-electron chi connectivity index (χ4n) is 1.71. The van der Waals surface area contributed by atoms with Crippen LogP contribution in [0.25, 0.3) is 11.3 Å². The van der Waals surface area contributed by atoms with Crippen LogP contribution in [0.4, 0.5) is 0 Å². The minimum Gasteiger partial charge on any atom is -0.347 e. The van der Waals surface area contributed by atoms with E-state index in [0.717, 1.165) is 22.0 Å². The molecule has 0 unspecified atom stereocenters. The molecule has 0 spiro atoms. The lowest BCUT2D eigenvalue weighted by molar-refractivity contribution is 0.889. The first-order valence-corrected chi connectivity index (χ1v) is 5.33. The van der Waals surface area contributed by atoms with Crippen LogP contribution >= 0.6 is 11.6 Å². The van der Waals surface area contributed by atoms with Crippen LogP contribution in [0.15, 0.2) is 30.3 Å². The van der Waals surface area contributed by atoms with E-state index >= 15 is 0 Å². The van der Waals surface area contributed by atoms with Gasteiger partial charge in [0.25, 0.3) is 0 Å². The summed E-state index contributed by atoms with van der Waals surface area (Å²) in [5, 5.41) is 9.68. The second-order valence-electron chi connectivity index (χ2n) is 3.71. The van der Waals surface area contributed by atoms with Crippen LogP contribution in [0.5, 0.6) is 0 Å². The summed E-state index contributed by atoms with van der Waals surface area (Å²) in [6, 6.07) is 11.7. The third-order valence-electron chi connectivity index (χ3n) is 2.80. The summed E-state index contributed by atoms with van der Waals surface area (Å²) in [4.78, 5) is 0. The predicted molar refractivity (Wildman–Crippen MR) is 65.3 cm³/mol. The molecule has 0 atom stereocenters. The predicted octanol–water partition coefficient (Wildman–Crippen LogP) is 3.53. The molecule has 1 aromatic carbocycles. The van der Waals surface area contributed by atoms with Crippen molar-refractivity contribution in [3.8, 4) is 17.3 Å². The van der Waals surface area contributed by atoms with E-state index in [1.807, 2.05) is 48.9 Å². The Kier molecular flexibility index (Phi) is 2.72. The van der Waals surface area contributed by atoms with Crippen molar-refractivity contribution in [1.82, 2.24) is 4.57 Å². The zero-order valence-corrected chi connectivity index (χ0v) is 9.92. The van der Waals surface area contributed by atoms with Crippen molar-refractivity contribution in [2.75, 3.05) is 0 Å². The van der Waals surface area contributed by atoms with Crippen molar-refractivity contribution in [1.29, 1.82) is 5.26 Å². The van der Waals surface area contributed by atoms with Gasteiger partial charge < -0.3 is 4.57 Å². The molecule has 2 rings (SSSR count). The fraction of sp³-hybridized carbons (Fsp3) is 0.154. The van der Waals surface area contributed by atoms with E-state index in [1.165, 1.54) is 0 Å². The van der Waals surface area contributed by atoms with Crippen molar-refractivity contribution in [3.63, 3.8) is 0 Å². The highest BCUT2D eigenvalue weighted by atomic mass is 35.5. The Morgan fingerprint density at radius 3 is 2.38 bits per heavy atom.